The third-order valence-electron chi connectivity index (χ3n) is 2.31. The lowest BCUT2D eigenvalue weighted by atomic mass is 10.4. The van der Waals surface area contributed by atoms with Crippen LogP contribution in [-0.4, -0.2) is 22.2 Å². The number of nitrogens with one attached hydrogen (secondary N) is 2. The maximum atomic E-state index is 3.68. The van der Waals surface area contributed by atoms with E-state index in [4.69, 9.17) is 0 Å². The minimum atomic E-state index is -0.596. The fourth-order valence-electron chi connectivity index (χ4n) is 1.49. The minimum Gasteiger partial charge on any atom is -0.328 e. The van der Waals surface area contributed by atoms with Crippen molar-refractivity contribution in [3.8, 4) is 0 Å². The van der Waals surface area contributed by atoms with Gasteiger partial charge in [-0.25, -0.2) is 0 Å². The molecule has 0 aromatic heterocycles. The van der Waals surface area contributed by atoms with E-state index in [9.17, 15) is 0 Å². The highest BCUT2D eigenvalue weighted by atomic mass is 28.3. The molecule has 2 nitrogen and oxygen atoms in total. The summed E-state index contributed by atoms with van der Waals surface area (Å²) in [5.74, 6) is 0. The molecule has 0 amide bonds. The van der Waals surface area contributed by atoms with Gasteiger partial charge < -0.3 is 10.3 Å². The predicted octanol–water partition coefficient (Wildman–Crippen LogP) is 2.08. The minimum absolute atomic E-state index is 0.596. The summed E-state index contributed by atoms with van der Waals surface area (Å²) in [6.07, 6.45) is 4.10. The van der Waals surface area contributed by atoms with E-state index >= 15 is 0 Å². The molecule has 0 saturated carbocycles. The molecule has 0 rings (SSSR count). The summed E-state index contributed by atoms with van der Waals surface area (Å²) in [5, 5.41) is 3.34. The van der Waals surface area contributed by atoms with Crippen LogP contribution in [0.1, 0.15) is 40.0 Å². The van der Waals surface area contributed by atoms with Crippen LogP contribution in [0.4, 0.5) is 0 Å². The Bertz CT molecular complexity index is 98.9. The van der Waals surface area contributed by atoms with Gasteiger partial charge in [-0.15, -0.1) is 0 Å². The van der Waals surface area contributed by atoms with Crippen molar-refractivity contribution in [1.82, 2.24) is 10.3 Å². The molecule has 1 unspecified atom stereocenters. The lowest BCUT2D eigenvalue weighted by Crippen LogP contribution is -2.40. The molecule has 3 heteroatoms. The highest BCUT2D eigenvalue weighted by Crippen LogP contribution is 2.04. The molecule has 0 aliphatic heterocycles. The first kappa shape index (κ1) is 13.1. The van der Waals surface area contributed by atoms with Crippen molar-refractivity contribution in [2.75, 3.05) is 13.2 Å². The van der Waals surface area contributed by atoms with Gasteiger partial charge in [0.15, 0.2) is 0 Å². The molecule has 80 valence electrons. The van der Waals surface area contributed by atoms with E-state index in [1.165, 1.54) is 31.4 Å². The van der Waals surface area contributed by atoms with Crippen LogP contribution in [0.2, 0.25) is 12.1 Å². The van der Waals surface area contributed by atoms with E-state index in [1.54, 1.807) is 0 Å². The Morgan fingerprint density at radius 1 is 1.00 bits per heavy atom. The number of hydrogen-bond donors (Lipinski definition) is 2. The maximum absolute atomic E-state index is 3.68. The molecule has 0 radical (unpaired) electrons. The predicted molar refractivity (Wildman–Crippen MR) is 63.6 cm³/mol. The molecule has 2 N–H and O–H groups in total. The summed E-state index contributed by atoms with van der Waals surface area (Å²) in [6.45, 7) is 8.83. The van der Waals surface area contributed by atoms with Crippen molar-refractivity contribution in [3.63, 3.8) is 0 Å². The standard InChI is InChI=1S/C10H26N2Si/c1-4-7-9-13(8-5-2)12-10-11-6-3/h11-13H,4-10H2,1-3H3. The van der Waals surface area contributed by atoms with Crippen molar-refractivity contribution in [3.05, 3.63) is 0 Å². The van der Waals surface area contributed by atoms with Crippen molar-refractivity contribution in [2.45, 2.75) is 52.1 Å². The first-order chi connectivity index (χ1) is 6.35. The SMILES string of the molecule is CCCC[SiH](CCC)NCNCC. The van der Waals surface area contributed by atoms with Gasteiger partial charge in [-0.2, -0.15) is 0 Å². The second kappa shape index (κ2) is 10.2. The molecular formula is C10H26N2Si. The van der Waals surface area contributed by atoms with E-state index in [0.717, 1.165) is 13.2 Å². The van der Waals surface area contributed by atoms with Crippen LogP contribution in [0.3, 0.4) is 0 Å². The third kappa shape index (κ3) is 8.47. The summed E-state index contributed by atoms with van der Waals surface area (Å²) < 4.78 is 0. The van der Waals surface area contributed by atoms with Gasteiger partial charge in [-0.1, -0.05) is 40.0 Å². The normalized spacial score (nSPS) is 13.2. The molecule has 0 heterocycles. The van der Waals surface area contributed by atoms with Crippen LogP contribution in [-0.2, 0) is 0 Å². The molecule has 0 spiro atoms. The highest BCUT2D eigenvalue weighted by Gasteiger charge is 2.07. The zero-order valence-electron chi connectivity index (χ0n) is 9.53. The lowest BCUT2D eigenvalue weighted by molar-refractivity contribution is 0.690. The topological polar surface area (TPSA) is 24.1 Å². The van der Waals surface area contributed by atoms with Crippen LogP contribution >= 0.6 is 0 Å². The molecule has 0 aromatic rings. The van der Waals surface area contributed by atoms with E-state index in [1.807, 2.05) is 0 Å². The second-order valence-corrected chi connectivity index (χ2v) is 6.57. The molecule has 0 aliphatic carbocycles. The third-order valence-corrected chi connectivity index (χ3v) is 5.47. The van der Waals surface area contributed by atoms with Gasteiger partial charge in [0.05, 0.1) is 0 Å². The van der Waals surface area contributed by atoms with Gasteiger partial charge in [0, 0.05) is 6.67 Å². The highest BCUT2D eigenvalue weighted by molar-refractivity contribution is 6.55. The van der Waals surface area contributed by atoms with E-state index in [2.05, 4.69) is 31.1 Å². The molecule has 0 saturated heterocycles. The second-order valence-electron chi connectivity index (χ2n) is 3.61. The van der Waals surface area contributed by atoms with Crippen molar-refractivity contribution in [2.24, 2.45) is 0 Å². The van der Waals surface area contributed by atoms with Gasteiger partial charge >= 0.3 is 0 Å². The van der Waals surface area contributed by atoms with Crippen molar-refractivity contribution in [1.29, 1.82) is 0 Å². The van der Waals surface area contributed by atoms with Gasteiger partial charge in [-0.3, -0.25) is 0 Å². The van der Waals surface area contributed by atoms with E-state index in [0.29, 0.717) is 0 Å². The zero-order chi connectivity index (χ0) is 9.94. The first-order valence-corrected chi connectivity index (χ1v) is 8.00. The Labute approximate surface area is 85.2 Å². The van der Waals surface area contributed by atoms with Crippen LogP contribution in [0, 0.1) is 0 Å². The average molecular weight is 202 g/mol. The quantitative estimate of drug-likeness (QED) is 0.340. The summed E-state index contributed by atoms with van der Waals surface area (Å²) in [7, 11) is -0.596. The number of rotatable bonds is 9. The molecule has 0 bridgehead atoms. The Balaban J connectivity index is 3.41. The molecule has 0 fully saturated rings. The lowest BCUT2D eigenvalue weighted by Gasteiger charge is -2.15. The number of hydrogen-bond acceptors (Lipinski definition) is 2. The molecular weight excluding hydrogens is 176 g/mol. The van der Waals surface area contributed by atoms with Crippen LogP contribution in [0.15, 0.2) is 0 Å². The maximum Gasteiger partial charge on any atom is 0.110 e. The summed E-state index contributed by atoms with van der Waals surface area (Å²) >= 11 is 0. The smallest absolute Gasteiger partial charge is 0.110 e. The Morgan fingerprint density at radius 3 is 2.31 bits per heavy atom. The van der Waals surface area contributed by atoms with E-state index < -0.39 is 8.96 Å². The summed E-state index contributed by atoms with van der Waals surface area (Å²) in [6, 6.07) is 2.92. The summed E-state index contributed by atoms with van der Waals surface area (Å²) in [5.41, 5.74) is 0. The van der Waals surface area contributed by atoms with Crippen LogP contribution in [0.5, 0.6) is 0 Å². The first-order valence-electron chi connectivity index (χ1n) is 5.79. The van der Waals surface area contributed by atoms with Gasteiger partial charge in [-0.05, 0) is 18.6 Å². The Kier molecular flexibility index (Phi) is 10.3. The molecule has 0 aliphatic rings. The van der Waals surface area contributed by atoms with Gasteiger partial charge in [0.2, 0.25) is 0 Å². The fourth-order valence-corrected chi connectivity index (χ4v) is 4.22. The molecule has 13 heavy (non-hydrogen) atoms. The largest absolute Gasteiger partial charge is 0.328 e. The van der Waals surface area contributed by atoms with Gasteiger partial charge in [0.25, 0.3) is 0 Å². The van der Waals surface area contributed by atoms with Crippen molar-refractivity contribution < 1.29 is 0 Å². The summed E-state index contributed by atoms with van der Waals surface area (Å²) in [4.78, 5) is 3.68. The monoisotopic (exact) mass is 202 g/mol. The van der Waals surface area contributed by atoms with Crippen LogP contribution < -0.4 is 10.3 Å². The zero-order valence-corrected chi connectivity index (χ0v) is 10.7. The van der Waals surface area contributed by atoms with E-state index in [-0.39, 0.29) is 0 Å². The fraction of sp³-hybridized carbons (Fsp3) is 1.00. The molecule has 1 atom stereocenters. The van der Waals surface area contributed by atoms with Gasteiger partial charge in [0.1, 0.15) is 8.96 Å². The van der Waals surface area contributed by atoms with Crippen molar-refractivity contribution >= 4 is 8.96 Å². The average Bonchev–Trinajstić information content (AvgIpc) is 2.14. The Hall–Kier alpha value is 0.137. The van der Waals surface area contributed by atoms with Crippen LogP contribution in [0.25, 0.3) is 0 Å². The number of unbranched alkanes of at least 4 members (excludes halogenated alkanes) is 1. The molecule has 0 aromatic carbocycles. The Morgan fingerprint density at radius 2 is 1.77 bits per heavy atom.